The molecular formula is C23H15Br2ClN2O. The van der Waals surface area contributed by atoms with Crippen LogP contribution in [0.4, 0.5) is 5.69 Å². The highest BCUT2D eigenvalue weighted by Crippen LogP contribution is 2.26. The van der Waals surface area contributed by atoms with Crippen LogP contribution in [0, 0.1) is 11.3 Å². The van der Waals surface area contributed by atoms with Crippen molar-refractivity contribution in [3.05, 3.63) is 103 Å². The normalized spacial score (nSPS) is 11.0. The summed E-state index contributed by atoms with van der Waals surface area (Å²) < 4.78 is 1.96. The Morgan fingerprint density at radius 2 is 1.69 bits per heavy atom. The summed E-state index contributed by atoms with van der Waals surface area (Å²) in [5.41, 5.74) is 3.49. The van der Waals surface area contributed by atoms with Crippen molar-refractivity contribution in [3.8, 4) is 6.07 Å². The van der Waals surface area contributed by atoms with Gasteiger partial charge in [-0.25, -0.2) is 0 Å². The summed E-state index contributed by atoms with van der Waals surface area (Å²) in [6, 6.07) is 22.7. The van der Waals surface area contributed by atoms with E-state index in [0.29, 0.717) is 10.7 Å². The van der Waals surface area contributed by atoms with E-state index in [9.17, 15) is 10.1 Å². The van der Waals surface area contributed by atoms with E-state index in [-0.39, 0.29) is 5.57 Å². The van der Waals surface area contributed by atoms with Crippen molar-refractivity contribution in [1.82, 2.24) is 0 Å². The Morgan fingerprint density at radius 1 is 1.00 bits per heavy atom. The minimum absolute atomic E-state index is 0.00428. The number of para-hydroxylation sites is 1. The van der Waals surface area contributed by atoms with Crippen LogP contribution in [0.25, 0.3) is 6.08 Å². The molecule has 6 heteroatoms. The number of carbonyl (C=O) groups excluding carboxylic acids is 1. The molecule has 0 saturated carbocycles. The number of benzene rings is 3. The molecule has 0 aromatic heterocycles. The van der Waals surface area contributed by atoms with Crippen molar-refractivity contribution in [2.75, 3.05) is 5.32 Å². The first-order chi connectivity index (χ1) is 14.0. The third-order valence-electron chi connectivity index (χ3n) is 4.21. The van der Waals surface area contributed by atoms with Crippen LogP contribution in [0.5, 0.6) is 0 Å². The lowest BCUT2D eigenvalue weighted by atomic mass is 10.0. The van der Waals surface area contributed by atoms with Crippen LogP contribution in [0.1, 0.15) is 16.7 Å². The molecule has 0 radical (unpaired) electrons. The molecule has 0 saturated heterocycles. The number of anilines is 1. The Morgan fingerprint density at radius 3 is 2.38 bits per heavy atom. The van der Waals surface area contributed by atoms with Gasteiger partial charge < -0.3 is 5.32 Å². The predicted molar refractivity (Wildman–Crippen MR) is 125 cm³/mol. The van der Waals surface area contributed by atoms with Crippen LogP contribution in [-0.4, -0.2) is 5.91 Å². The van der Waals surface area contributed by atoms with Crippen molar-refractivity contribution in [3.63, 3.8) is 0 Å². The minimum Gasteiger partial charge on any atom is -0.320 e. The number of amides is 1. The molecule has 3 rings (SSSR count). The summed E-state index contributed by atoms with van der Waals surface area (Å²) in [7, 11) is 0. The van der Waals surface area contributed by atoms with Crippen LogP contribution in [0.3, 0.4) is 0 Å². The molecule has 3 aromatic rings. The van der Waals surface area contributed by atoms with Gasteiger partial charge >= 0.3 is 0 Å². The third kappa shape index (κ3) is 5.57. The Balaban J connectivity index is 1.80. The number of hydrogen-bond acceptors (Lipinski definition) is 2. The lowest BCUT2D eigenvalue weighted by molar-refractivity contribution is -0.112. The second-order valence-electron chi connectivity index (χ2n) is 6.22. The van der Waals surface area contributed by atoms with Crippen LogP contribution in [0.15, 0.2) is 81.2 Å². The lowest BCUT2D eigenvalue weighted by Crippen LogP contribution is -2.13. The summed E-state index contributed by atoms with van der Waals surface area (Å²) in [5.74, 6) is -0.506. The summed E-state index contributed by atoms with van der Waals surface area (Å²) in [4.78, 5) is 12.5. The zero-order valence-corrected chi connectivity index (χ0v) is 19.1. The highest BCUT2D eigenvalue weighted by atomic mass is 79.9. The topological polar surface area (TPSA) is 52.9 Å². The minimum atomic E-state index is -0.506. The average molecular weight is 531 g/mol. The van der Waals surface area contributed by atoms with Crippen LogP contribution in [0.2, 0.25) is 5.02 Å². The largest absolute Gasteiger partial charge is 0.320 e. The summed E-state index contributed by atoms with van der Waals surface area (Å²) >= 11 is 13.2. The van der Waals surface area contributed by atoms with Crippen molar-refractivity contribution in [1.29, 1.82) is 5.26 Å². The first-order valence-corrected chi connectivity index (χ1v) is 10.6. The van der Waals surface area contributed by atoms with E-state index in [1.165, 1.54) is 5.56 Å². The number of nitrogens with one attached hydrogen (secondary N) is 1. The Hall–Kier alpha value is -2.39. The molecule has 29 heavy (non-hydrogen) atoms. The molecule has 3 nitrogen and oxygen atoms in total. The van der Waals surface area contributed by atoms with Crippen LogP contribution < -0.4 is 5.32 Å². The van der Waals surface area contributed by atoms with Gasteiger partial charge in [-0.2, -0.15) is 5.26 Å². The van der Waals surface area contributed by atoms with Crippen molar-refractivity contribution < 1.29 is 4.79 Å². The maximum Gasteiger partial charge on any atom is 0.266 e. The first kappa shape index (κ1) is 21.3. The van der Waals surface area contributed by atoms with E-state index in [2.05, 4.69) is 43.2 Å². The Kier molecular flexibility index (Phi) is 7.27. The Bertz CT molecular complexity index is 1140. The number of carbonyl (C=O) groups is 1. The van der Waals surface area contributed by atoms with Gasteiger partial charge in [0.25, 0.3) is 5.91 Å². The molecular weight excluding hydrogens is 516 g/mol. The third-order valence-corrected chi connectivity index (χ3v) is 6.06. The molecule has 0 heterocycles. The standard InChI is InChI=1S/C23H15Br2ClN2O/c24-19-6-2-1-5-16(19)13-17-10-9-15(12-20(17)25)11-18(14-27)23(29)28-22-8-4-3-7-21(22)26/h1-12H,13H2,(H,28,29)/b18-11+. The number of nitriles is 1. The summed E-state index contributed by atoms with van der Waals surface area (Å²) in [5, 5.41) is 12.5. The quantitative estimate of drug-likeness (QED) is 0.285. The fourth-order valence-electron chi connectivity index (χ4n) is 2.71. The SMILES string of the molecule is N#C/C(=C\c1ccc(Cc2ccccc2Br)c(Br)c1)C(=O)Nc1ccccc1Cl. The van der Waals surface area contributed by atoms with Crippen molar-refractivity contribution >= 4 is 61.1 Å². The van der Waals surface area contributed by atoms with Crippen LogP contribution in [-0.2, 0) is 11.2 Å². The van der Waals surface area contributed by atoms with E-state index in [0.717, 1.165) is 26.5 Å². The number of rotatable bonds is 5. The fraction of sp³-hybridized carbons (Fsp3) is 0.0435. The molecule has 0 aliphatic rings. The van der Waals surface area contributed by atoms with Gasteiger partial charge in [0.1, 0.15) is 11.6 Å². The number of hydrogen-bond donors (Lipinski definition) is 1. The van der Waals surface area contributed by atoms with Gasteiger partial charge in [0.2, 0.25) is 0 Å². The molecule has 0 bridgehead atoms. The van der Waals surface area contributed by atoms with Crippen molar-refractivity contribution in [2.24, 2.45) is 0 Å². The van der Waals surface area contributed by atoms with Gasteiger partial charge in [-0.15, -0.1) is 0 Å². The van der Waals surface area contributed by atoms with Gasteiger partial charge in [0.15, 0.2) is 0 Å². The second kappa shape index (κ2) is 9.89. The first-order valence-electron chi connectivity index (χ1n) is 8.67. The molecule has 0 aliphatic heterocycles. The lowest BCUT2D eigenvalue weighted by Gasteiger charge is -2.09. The maximum absolute atomic E-state index is 12.5. The van der Waals surface area contributed by atoms with E-state index < -0.39 is 5.91 Å². The van der Waals surface area contributed by atoms with Gasteiger partial charge in [-0.3, -0.25) is 4.79 Å². The molecule has 0 unspecified atom stereocenters. The molecule has 0 aliphatic carbocycles. The Labute approximate surface area is 191 Å². The molecule has 144 valence electrons. The molecule has 3 aromatic carbocycles. The van der Waals surface area contributed by atoms with Crippen LogP contribution >= 0.6 is 43.5 Å². The zero-order chi connectivity index (χ0) is 20.8. The molecule has 0 fully saturated rings. The fourth-order valence-corrected chi connectivity index (χ4v) is 3.86. The summed E-state index contributed by atoms with van der Waals surface area (Å²) in [6.45, 7) is 0. The smallest absolute Gasteiger partial charge is 0.266 e. The second-order valence-corrected chi connectivity index (χ2v) is 8.34. The average Bonchev–Trinajstić information content (AvgIpc) is 2.71. The number of nitrogens with zero attached hydrogens (tertiary/aromatic N) is 1. The zero-order valence-electron chi connectivity index (χ0n) is 15.1. The molecule has 0 atom stereocenters. The van der Waals surface area contributed by atoms with E-state index in [1.54, 1.807) is 30.3 Å². The van der Waals surface area contributed by atoms with Gasteiger partial charge in [-0.1, -0.05) is 85.9 Å². The molecule has 1 N–H and O–H groups in total. The van der Waals surface area contributed by atoms with E-state index in [1.807, 2.05) is 42.5 Å². The highest BCUT2D eigenvalue weighted by Gasteiger charge is 2.12. The predicted octanol–water partition coefficient (Wildman–Crippen LogP) is 7.00. The monoisotopic (exact) mass is 528 g/mol. The van der Waals surface area contributed by atoms with E-state index >= 15 is 0 Å². The number of halogens is 3. The van der Waals surface area contributed by atoms with E-state index in [4.69, 9.17) is 11.6 Å². The molecule has 1 amide bonds. The highest BCUT2D eigenvalue weighted by molar-refractivity contribution is 9.10. The summed E-state index contributed by atoms with van der Waals surface area (Å²) in [6.07, 6.45) is 2.31. The van der Waals surface area contributed by atoms with Gasteiger partial charge in [-0.05, 0) is 53.5 Å². The van der Waals surface area contributed by atoms with Gasteiger partial charge in [0, 0.05) is 8.95 Å². The van der Waals surface area contributed by atoms with Gasteiger partial charge in [0.05, 0.1) is 10.7 Å². The van der Waals surface area contributed by atoms with Crippen molar-refractivity contribution in [2.45, 2.75) is 6.42 Å². The maximum atomic E-state index is 12.5. The molecule has 0 spiro atoms.